The molecule has 1 aromatic carbocycles. The van der Waals surface area contributed by atoms with Gasteiger partial charge in [0.15, 0.2) is 0 Å². The number of aliphatic hydroxyl groups is 1. The molecule has 0 unspecified atom stereocenters. The predicted molar refractivity (Wildman–Crippen MR) is 80.6 cm³/mol. The van der Waals surface area contributed by atoms with E-state index >= 15 is 0 Å². The molecule has 2 N–H and O–H groups in total. The summed E-state index contributed by atoms with van der Waals surface area (Å²) in [5.74, 6) is 0.00459. The predicted octanol–water partition coefficient (Wildman–Crippen LogP) is 2.09. The molecule has 4 heteroatoms. The molecule has 1 aromatic heterocycles. The van der Waals surface area contributed by atoms with Crippen LogP contribution in [-0.2, 0) is 17.8 Å². The fraction of sp³-hybridized carbons (Fsp3) is 0.438. The van der Waals surface area contributed by atoms with E-state index in [0.29, 0.717) is 12.8 Å². The Kier molecular flexibility index (Phi) is 4.79. The third-order valence-electron chi connectivity index (χ3n) is 3.53. The molecule has 0 spiro atoms. The number of aromatic nitrogens is 1. The molecule has 0 saturated heterocycles. The van der Waals surface area contributed by atoms with Crippen molar-refractivity contribution in [3.63, 3.8) is 0 Å². The molecular weight excluding hydrogens is 252 g/mol. The molecule has 2 rings (SSSR count). The van der Waals surface area contributed by atoms with Gasteiger partial charge in [-0.3, -0.25) is 4.79 Å². The van der Waals surface area contributed by atoms with Gasteiger partial charge >= 0.3 is 0 Å². The molecule has 20 heavy (non-hydrogen) atoms. The number of para-hydroxylation sites is 1. The van der Waals surface area contributed by atoms with Gasteiger partial charge in [-0.05, 0) is 31.9 Å². The molecule has 1 heterocycles. The van der Waals surface area contributed by atoms with Gasteiger partial charge in [-0.25, -0.2) is 0 Å². The normalized spacial score (nSPS) is 12.6. The fourth-order valence-electron chi connectivity index (χ4n) is 2.49. The minimum Gasteiger partial charge on any atom is -0.396 e. The van der Waals surface area contributed by atoms with Crippen molar-refractivity contribution >= 4 is 16.8 Å². The van der Waals surface area contributed by atoms with Gasteiger partial charge in [-0.2, -0.15) is 0 Å². The molecule has 0 aliphatic rings. The van der Waals surface area contributed by atoms with Crippen LogP contribution in [0, 0.1) is 0 Å². The van der Waals surface area contributed by atoms with Gasteiger partial charge in [0.25, 0.3) is 0 Å². The van der Waals surface area contributed by atoms with Crippen LogP contribution in [0.1, 0.15) is 25.8 Å². The first-order chi connectivity index (χ1) is 9.65. The highest BCUT2D eigenvalue weighted by Gasteiger charge is 2.12. The number of amides is 1. The molecule has 108 valence electrons. The third kappa shape index (κ3) is 3.20. The Morgan fingerprint density at radius 3 is 2.85 bits per heavy atom. The van der Waals surface area contributed by atoms with E-state index in [4.69, 9.17) is 5.11 Å². The van der Waals surface area contributed by atoms with E-state index in [-0.39, 0.29) is 18.6 Å². The summed E-state index contributed by atoms with van der Waals surface area (Å²) in [6, 6.07) is 8.15. The molecule has 0 fully saturated rings. The molecule has 0 aliphatic carbocycles. The van der Waals surface area contributed by atoms with Crippen LogP contribution in [0.15, 0.2) is 30.5 Å². The van der Waals surface area contributed by atoms with Crippen LogP contribution in [0.25, 0.3) is 10.9 Å². The summed E-state index contributed by atoms with van der Waals surface area (Å²) >= 11 is 0. The van der Waals surface area contributed by atoms with Crippen molar-refractivity contribution < 1.29 is 9.90 Å². The van der Waals surface area contributed by atoms with Crippen LogP contribution >= 0.6 is 0 Å². The highest BCUT2D eigenvalue weighted by molar-refractivity contribution is 5.89. The zero-order valence-corrected chi connectivity index (χ0v) is 12.1. The van der Waals surface area contributed by atoms with Crippen molar-refractivity contribution in [1.82, 2.24) is 9.88 Å². The molecule has 1 atom stereocenters. The fourth-order valence-corrected chi connectivity index (χ4v) is 2.49. The van der Waals surface area contributed by atoms with Crippen molar-refractivity contribution in [1.29, 1.82) is 0 Å². The van der Waals surface area contributed by atoms with Crippen LogP contribution in [0.5, 0.6) is 0 Å². The standard InChI is InChI=1S/C16H22N2O2/c1-3-18-11-13(14-6-4-5-7-15(14)18)10-16(20)17-12(2)8-9-19/h4-7,11-12,19H,3,8-10H2,1-2H3,(H,17,20)/t12-/m1/s1. The lowest BCUT2D eigenvalue weighted by Crippen LogP contribution is -2.34. The second-order valence-corrected chi connectivity index (χ2v) is 5.12. The van der Waals surface area contributed by atoms with Gasteiger partial charge in [0, 0.05) is 36.3 Å². The Balaban J connectivity index is 2.15. The smallest absolute Gasteiger partial charge is 0.224 e. The van der Waals surface area contributed by atoms with Gasteiger partial charge in [0.05, 0.1) is 6.42 Å². The Labute approximate surface area is 119 Å². The van der Waals surface area contributed by atoms with Gasteiger partial charge in [0.2, 0.25) is 5.91 Å². The summed E-state index contributed by atoms with van der Waals surface area (Å²) in [6.45, 7) is 4.99. The summed E-state index contributed by atoms with van der Waals surface area (Å²) in [5.41, 5.74) is 2.22. The number of hydrogen-bond acceptors (Lipinski definition) is 2. The second-order valence-electron chi connectivity index (χ2n) is 5.12. The van der Waals surface area contributed by atoms with Crippen molar-refractivity contribution in [2.45, 2.75) is 39.3 Å². The van der Waals surface area contributed by atoms with Gasteiger partial charge in [-0.15, -0.1) is 0 Å². The van der Waals surface area contributed by atoms with E-state index < -0.39 is 0 Å². The molecule has 4 nitrogen and oxygen atoms in total. The molecule has 0 aliphatic heterocycles. The maximum absolute atomic E-state index is 12.0. The third-order valence-corrected chi connectivity index (χ3v) is 3.53. The first-order valence-electron chi connectivity index (χ1n) is 7.12. The molecule has 2 aromatic rings. The number of carbonyl (C=O) groups is 1. The van der Waals surface area contributed by atoms with Crippen molar-refractivity contribution in [3.8, 4) is 0 Å². The van der Waals surface area contributed by atoms with E-state index in [0.717, 1.165) is 17.5 Å². The number of benzene rings is 1. The summed E-state index contributed by atoms with van der Waals surface area (Å²) in [5, 5.41) is 12.9. The van der Waals surface area contributed by atoms with E-state index in [9.17, 15) is 4.79 Å². The summed E-state index contributed by atoms with van der Waals surface area (Å²) in [4.78, 5) is 12.0. The summed E-state index contributed by atoms with van der Waals surface area (Å²) < 4.78 is 2.16. The summed E-state index contributed by atoms with van der Waals surface area (Å²) in [6.07, 6.45) is 3.02. The number of nitrogens with zero attached hydrogens (tertiary/aromatic N) is 1. The average Bonchev–Trinajstić information content (AvgIpc) is 2.77. The van der Waals surface area contributed by atoms with Crippen molar-refractivity contribution in [2.24, 2.45) is 0 Å². The monoisotopic (exact) mass is 274 g/mol. The number of fused-ring (bicyclic) bond motifs is 1. The number of nitrogens with one attached hydrogen (secondary N) is 1. The van der Waals surface area contributed by atoms with Gasteiger partial charge in [-0.1, -0.05) is 18.2 Å². The van der Waals surface area contributed by atoms with E-state index in [1.165, 1.54) is 5.52 Å². The quantitative estimate of drug-likeness (QED) is 0.847. The maximum atomic E-state index is 12.0. The molecule has 0 saturated carbocycles. The van der Waals surface area contributed by atoms with E-state index in [2.05, 4.69) is 35.1 Å². The van der Waals surface area contributed by atoms with Gasteiger partial charge < -0.3 is 15.0 Å². The molecular formula is C16H22N2O2. The summed E-state index contributed by atoms with van der Waals surface area (Å²) in [7, 11) is 0. The van der Waals surface area contributed by atoms with Gasteiger partial charge in [0.1, 0.15) is 0 Å². The lowest BCUT2D eigenvalue weighted by Gasteiger charge is -2.11. The number of carbonyl (C=O) groups excluding carboxylic acids is 1. The first-order valence-corrected chi connectivity index (χ1v) is 7.12. The Morgan fingerprint density at radius 1 is 1.40 bits per heavy atom. The first kappa shape index (κ1) is 14.6. The lowest BCUT2D eigenvalue weighted by molar-refractivity contribution is -0.121. The Hall–Kier alpha value is -1.81. The van der Waals surface area contributed by atoms with Crippen molar-refractivity contribution in [3.05, 3.63) is 36.0 Å². The minimum absolute atomic E-state index is 0.00459. The zero-order valence-electron chi connectivity index (χ0n) is 12.1. The van der Waals surface area contributed by atoms with Crippen LogP contribution < -0.4 is 5.32 Å². The highest BCUT2D eigenvalue weighted by Crippen LogP contribution is 2.21. The Morgan fingerprint density at radius 2 is 2.15 bits per heavy atom. The van der Waals surface area contributed by atoms with Crippen LogP contribution in [0.3, 0.4) is 0 Å². The highest BCUT2D eigenvalue weighted by atomic mass is 16.3. The molecule has 0 radical (unpaired) electrons. The molecule has 0 bridgehead atoms. The molecule has 1 amide bonds. The van der Waals surface area contributed by atoms with Crippen LogP contribution in [-0.4, -0.2) is 28.2 Å². The van der Waals surface area contributed by atoms with Crippen LogP contribution in [0.2, 0.25) is 0 Å². The average molecular weight is 274 g/mol. The SMILES string of the molecule is CCn1cc(CC(=O)N[C@H](C)CCO)c2ccccc21. The van der Waals surface area contributed by atoms with E-state index in [1.807, 2.05) is 19.1 Å². The lowest BCUT2D eigenvalue weighted by atomic mass is 10.1. The Bertz CT molecular complexity index is 589. The number of aliphatic hydroxyl groups excluding tert-OH is 1. The van der Waals surface area contributed by atoms with Crippen molar-refractivity contribution in [2.75, 3.05) is 6.61 Å². The van der Waals surface area contributed by atoms with Crippen LogP contribution in [0.4, 0.5) is 0 Å². The number of rotatable bonds is 6. The zero-order chi connectivity index (χ0) is 14.5. The van der Waals surface area contributed by atoms with E-state index in [1.54, 1.807) is 0 Å². The largest absolute Gasteiger partial charge is 0.396 e. The topological polar surface area (TPSA) is 54.3 Å². The maximum Gasteiger partial charge on any atom is 0.224 e. The number of hydrogen-bond donors (Lipinski definition) is 2. The second kappa shape index (κ2) is 6.57. The minimum atomic E-state index is 0.00459. The number of aryl methyl sites for hydroxylation is 1.